The second-order valence-corrected chi connectivity index (χ2v) is 6.26. The number of hydrogen-bond donors (Lipinski definition) is 2. The molecule has 3 rings (SSSR count). The van der Waals surface area contributed by atoms with Gasteiger partial charge >= 0.3 is 0 Å². The van der Waals surface area contributed by atoms with Gasteiger partial charge in [-0.3, -0.25) is 24.7 Å². The minimum atomic E-state index is -0.502. The second kappa shape index (κ2) is 9.74. The summed E-state index contributed by atoms with van der Waals surface area (Å²) in [5.41, 5.74) is 1.98. The van der Waals surface area contributed by atoms with Crippen molar-refractivity contribution in [3.63, 3.8) is 0 Å². The highest BCUT2D eigenvalue weighted by Crippen LogP contribution is 2.17. The molecule has 0 bridgehead atoms. The topological polar surface area (TPSA) is 114 Å². The molecule has 2 N–H and O–H groups in total. The first-order valence-electron chi connectivity index (χ1n) is 9.02. The molecule has 0 aliphatic heterocycles. The molecule has 30 heavy (non-hydrogen) atoms. The number of amides is 2. The van der Waals surface area contributed by atoms with Crippen LogP contribution in [0.1, 0.15) is 21.5 Å². The summed E-state index contributed by atoms with van der Waals surface area (Å²) >= 11 is 0. The summed E-state index contributed by atoms with van der Waals surface area (Å²) in [4.78, 5) is 39.2. The zero-order valence-electron chi connectivity index (χ0n) is 15.8. The second-order valence-electron chi connectivity index (χ2n) is 6.26. The SMILES string of the molecule is O=C(/C=C/c1cccc([N+](=O)[O-])c1)Nc1ccccc1C(=O)NCc1cccnc1. The highest BCUT2D eigenvalue weighted by molar-refractivity contribution is 6.07. The minimum absolute atomic E-state index is 0.0619. The first kappa shape index (κ1) is 20.4. The average molecular weight is 402 g/mol. The lowest BCUT2D eigenvalue weighted by Gasteiger charge is -2.10. The average Bonchev–Trinajstić information content (AvgIpc) is 2.77. The number of anilines is 1. The number of nitro groups is 1. The predicted molar refractivity (Wildman–Crippen MR) is 113 cm³/mol. The third-order valence-electron chi connectivity index (χ3n) is 4.11. The van der Waals surface area contributed by atoms with Gasteiger partial charge in [-0.15, -0.1) is 0 Å². The molecule has 150 valence electrons. The van der Waals surface area contributed by atoms with E-state index in [2.05, 4.69) is 15.6 Å². The van der Waals surface area contributed by atoms with Gasteiger partial charge in [0.15, 0.2) is 0 Å². The zero-order valence-corrected chi connectivity index (χ0v) is 15.8. The molecule has 0 saturated carbocycles. The molecule has 1 aromatic heterocycles. The number of non-ortho nitro benzene ring substituents is 1. The minimum Gasteiger partial charge on any atom is -0.348 e. The maximum absolute atomic E-state index is 12.5. The van der Waals surface area contributed by atoms with E-state index in [9.17, 15) is 19.7 Å². The van der Waals surface area contributed by atoms with Crippen LogP contribution in [0, 0.1) is 10.1 Å². The number of nitrogens with one attached hydrogen (secondary N) is 2. The summed E-state index contributed by atoms with van der Waals surface area (Å²) < 4.78 is 0. The molecule has 0 saturated heterocycles. The van der Waals surface area contributed by atoms with E-state index in [-0.39, 0.29) is 11.6 Å². The van der Waals surface area contributed by atoms with E-state index in [4.69, 9.17) is 0 Å². The van der Waals surface area contributed by atoms with Gasteiger partial charge in [0.25, 0.3) is 11.6 Å². The summed E-state index contributed by atoms with van der Waals surface area (Å²) in [6.07, 6.45) is 6.03. The predicted octanol–water partition coefficient (Wildman–Crippen LogP) is 3.57. The van der Waals surface area contributed by atoms with Gasteiger partial charge in [-0.05, 0) is 35.4 Å². The number of para-hydroxylation sites is 1. The summed E-state index contributed by atoms with van der Waals surface area (Å²) in [6.45, 7) is 0.307. The summed E-state index contributed by atoms with van der Waals surface area (Å²) in [7, 11) is 0. The smallest absolute Gasteiger partial charge is 0.270 e. The molecule has 3 aromatic rings. The van der Waals surface area contributed by atoms with Gasteiger partial charge in [0, 0.05) is 37.1 Å². The molecule has 0 aliphatic carbocycles. The van der Waals surface area contributed by atoms with Gasteiger partial charge in [-0.1, -0.05) is 30.3 Å². The number of carbonyl (C=O) groups is 2. The van der Waals surface area contributed by atoms with Crippen molar-refractivity contribution in [2.45, 2.75) is 6.54 Å². The third-order valence-corrected chi connectivity index (χ3v) is 4.11. The van der Waals surface area contributed by atoms with Crippen LogP contribution in [0.4, 0.5) is 11.4 Å². The van der Waals surface area contributed by atoms with Crippen molar-refractivity contribution in [1.82, 2.24) is 10.3 Å². The summed E-state index contributed by atoms with van der Waals surface area (Å²) in [5, 5.41) is 16.3. The van der Waals surface area contributed by atoms with E-state index in [1.807, 2.05) is 6.07 Å². The Kier molecular flexibility index (Phi) is 6.63. The van der Waals surface area contributed by atoms with Crippen LogP contribution in [0.15, 0.2) is 79.1 Å². The van der Waals surface area contributed by atoms with Crippen LogP contribution in [0.5, 0.6) is 0 Å². The summed E-state index contributed by atoms with van der Waals surface area (Å²) in [6, 6.07) is 16.2. The fourth-order valence-corrected chi connectivity index (χ4v) is 2.66. The molecular weight excluding hydrogens is 384 g/mol. The molecule has 2 amide bonds. The van der Waals surface area contributed by atoms with Crippen LogP contribution in [0.2, 0.25) is 0 Å². The number of rotatable bonds is 7. The highest BCUT2D eigenvalue weighted by Gasteiger charge is 2.12. The lowest BCUT2D eigenvalue weighted by Crippen LogP contribution is -2.24. The first-order chi connectivity index (χ1) is 14.5. The van der Waals surface area contributed by atoms with Crippen molar-refractivity contribution in [3.05, 3.63) is 106 Å². The molecule has 1 heterocycles. The Morgan fingerprint density at radius 3 is 2.67 bits per heavy atom. The van der Waals surface area contributed by atoms with E-state index in [0.29, 0.717) is 23.4 Å². The number of hydrogen-bond acceptors (Lipinski definition) is 5. The molecule has 2 aromatic carbocycles. The quantitative estimate of drug-likeness (QED) is 0.356. The van der Waals surface area contributed by atoms with Gasteiger partial charge in [0.2, 0.25) is 5.91 Å². The van der Waals surface area contributed by atoms with Crippen LogP contribution < -0.4 is 10.6 Å². The van der Waals surface area contributed by atoms with E-state index >= 15 is 0 Å². The van der Waals surface area contributed by atoms with Crippen LogP contribution in [0.25, 0.3) is 6.08 Å². The number of pyridine rings is 1. The molecular formula is C22H18N4O4. The van der Waals surface area contributed by atoms with Crippen molar-refractivity contribution >= 4 is 29.3 Å². The number of nitrogens with zero attached hydrogens (tertiary/aromatic N) is 2. The molecule has 8 heteroatoms. The Labute approximate surface area is 172 Å². The summed E-state index contributed by atoms with van der Waals surface area (Å²) in [5.74, 6) is -0.800. The number of carbonyl (C=O) groups excluding carboxylic acids is 2. The number of nitro benzene ring substituents is 1. The Bertz CT molecular complexity index is 1100. The molecule has 8 nitrogen and oxygen atoms in total. The zero-order chi connectivity index (χ0) is 21.3. The Morgan fingerprint density at radius 1 is 1.07 bits per heavy atom. The highest BCUT2D eigenvalue weighted by atomic mass is 16.6. The number of benzene rings is 2. The third kappa shape index (κ3) is 5.59. The van der Waals surface area contributed by atoms with E-state index < -0.39 is 10.8 Å². The van der Waals surface area contributed by atoms with Crippen LogP contribution >= 0.6 is 0 Å². The monoisotopic (exact) mass is 402 g/mol. The normalized spacial score (nSPS) is 10.5. The van der Waals surface area contributed by atoms with Gasteiger partial charge in [-0.2, -0.15) is 0 Å². The lowest BCUT2D eigenvalue weighted by atomic mass is 10.1. The van der Waals surface area contributed by atoms with E-state index in [0.717, 1.165) is 5.56 Å². The fourth-order valence-electron chi connectivity index (χ4n) is 2.66. The maximum Gasteiger partial charge on any atom is 0.270 e. The maximum atomic E-state index is 12.5. The Morgan fingerprint density at radius 2 is 1.90 bits per heavy atom. The molecule has 0 atom stereocenters. The molecule has 0 unspecified atom stereocenters. The van der Waals surface area contributed by atoms with Crippen LogP contribution in [-0.2, 0) is 11.3 Å². The van der Waals surface area contributed by atoms with Gasteiger partial charge in [0.05, 0.1) is 16.2 Å². The number of aromatic nitrogens is 1. The molecule has 0 radical (unpaired) electrons. The Balaban J connectivity index is 1.66. The standard InChI is InChI=1S/C22H18N4O4/c27-21(11-10-16-5-3-7-18(13-16)26(29)30)25-20-9-2-1-8-19(20)22(28)24-15-17-6-4-12-23-14-17/h1-14H,15H2,(H,24,28)(H,25,27)/b11-10+. The van der Waals surface area contributed by atoms with Gasteiger partial charge in [0.1, 0.15) is 0 Å². The van der Waals surface area contributed by atoms with Crippen molar-refractivity contribution in [3.8, 4) is 0 Å². The van der Waals surface area contributed by atoms with Crippen molar-refractivity contribution in [2.24, 2.45) is 0 Å². The molecule has 0 aliphatic rings. The van der Waals surface area contributed by atoms with E-state index in [1.165, 1.54) is 30.4 Å². The molecule has 0 spiro atoms. The fraction of sp³-hybridized carbons (Fsp3) is 0.0455. The van der Waals surface area contributed by atoms with Crippen molar-refractivity contribution in [1.29, 1.82) is 0 Å². The van der Waals surface area contributed by atoms with Crippen molar-refractivity contribution < 1.29 is 14.5 Å². The van der Waals surface area contributed by atoms with Crippen molar-refractivity contribution in [2.75, 3.05) is 5.32 Å². The van der Waals surface area contributed by atoms with Gasteiger partial charge in [-0.25, -0.2) is 0 Å². The first-order valence-corrected chi connectivity index (χ1v) is 9.02. The van der Waals surface area contributed by atoms with Crippen LogP contribution in [-0.4, -0.2) is 21.7 Å². The van der Waals surface area contributed by atoms with Gasteiger partial charge < -0.3 is 10.6 Å². The lowest BCUT2D eigenvalue weighted by molar-refractivity contribution is -0.384. The largest absolute Gasteiger partial charge is 0.348 e. The van der Waals surface area contributed by atoms with Crippen LogP contribution in [0.3, 0.4) is 0 Å². The van der Waals surface area contributed by atoms with E-state index in [1.54, 1.807) is 48.8 Å². The molecule has 0 fully saturated rings. The Hall–Kier alpha value is -4.33.